The number of likely N-dealkylation sites (N-methyl/N-ethyl adjacent to an activating group) is 1. The molecule has 1 aliphatic heterocycles. The van der Waals surface area contributed by atoms with E-state index in [0.29, 0.717) is 12.0 Å². The molecule has 1 atom stereocenters. The van der Waals surface area contributed by atoms with E-state index in [9.17, 15) is 4.39 Å². The van der Waals surface area contributed by atoms with Gasteiger partial charge in [-0.2, -0.15) is 0 Å². The minimum atomic E-state index is -0.173. The summed E-state index contributed by atoms with van der Waals surface area (Å²) >= 11 is 0. The standard InChI is InChI=1S/C19H23FN4/c1-23(18-8-10-21-19(22-18)15-4-5-15)17-9-11-24(13-17)12-14-2-6-16(20)7-3-14/h2-3,6-8,10,15,17H,4-5,9,11-13H2,1H3. The molecule has 1 unspecified atom stereocenters. The zero-order chi connectivity index (χ0) is 16.5. The summed E-state index contributed by atoms with van der Waals surface area (Å²) in [5.41, 5.74) is 1.16. The van der Waals surface area contributed by atoms with Gasteiger partial charge in [-0.1, -0.05) is 12.1 Å². The Morgan fingerprint density at radius 2 is 1.96 bits per heavy atom. The molecule has 2 aliphatic rings. The van der Waals surface area contributed by atoms with Crippen LogP contribution in [0.15, 0.2) is 36.5 Å². The van der Waals surface area contributed by atoms with Crippen molar-refractivity contribution in [3.63, 3.8) is 0 Å². The largest absolute Gasteiger partial charge is 0.355 e. The molecule has 1 saturated heterocycles. The molecule has 24 heavy (non-hydrogen) atoms. The van der Waals surface area contributed by atoms with Gasteiger partial charge in [0.15, 0.2) is 0 Å². The number of benzene rings is 1. The maximum atomic E-state index is 13.0. The number of anilines is 1. The molecule has 1 aliphatic carbocycles. The van der Waals surface area contributed by atoms with Crippen molar-refractivity contribution in [2.75, 3.05) is 25.0 Å². The monoisotopic (exact) mass is 326 g/mol. The van der Waals surface area contributed by atoms with Gasteiger partial charge in [0.05, 0.1) is 0 Å². The number of hydrogen-bond donors (Lipinski definition) is 0. The Balaban J connectivity index is 1.38. The van der Waals surface area contributed by atoms with Crippen LogP contribution in [0.2, 0.25) is 0 Å². The SMILES string of the molecule is CN(c1ccnc(C2CC2)n1)C1CCN(Cc2ccc(F)cc2)C1. The molecule has 126 valence electrons. The van der Waals surface area contributed by atoms with Crippen molar-refractivity contribution in [1.82, 2.24) is 14.9 Å². The van der Waals surface area contributed by atoms with Gasteiger partial charge in [-0.3, -0.25) is 4.90 Å². The molecule has 1 aromatic heterocycles. The van der Waals surface area contributed by atoms with Crippen LogP contribution in [0.5, 0.6) is 0 Å². The minimum Gasteiger partial charge on any atom is -0.355 e. The van der Waals surface area contributed by atoms with Gasteiger partial charge < -0.3 is 4.90 Å². The van der Waals surface area contributed by atoms with Crippen molar-refractivity contribution in [3.05, 3.63) is 53.7 Å². The lowest BCUT2D eigenvalue weighted by atomic mass is 10.2. The maximum absolute atomic E-state index is 13.0. The first-order chi connectivity index (χ1) is 11.7. The first kappa shape index (κ1) is 15.5. The summed E-state index contributed by atoms with van der Waals surface area (Å²) in [6.45, 7) is 2.95. The number of halogens is 1. The van der Waals surface area contributed by atoms with Gasteiger partial charge in [-0.25, -0.2) is 14.4 Å². The highest BCUT2D eigenvalue weighted by molar-refractivity contribution is 5.39. The highest BCUT2D eigenvalue weighted by Crippen LogP contribution is 2.38. The van der Waals surface area contributed by atoms with E-state index in [1.165, 1.54) is 25.0 Å². The van der Waals surface area contributed by atoms with Gasteiger partial charge in [-0.15, -0.1) is 0 Å². The molecule has 2 fully saturated rings. The number of nitrogens with zero attached hydrogens (tertiary/aromatic N) is 4. The van der Waals surface area contributed by atoms with E-state index in [0.717, 1.165) is 43.3 Å². The maximum Gasteiger partial charge on any atom is 0.133 e. The number of rotatable bonds is 5. The van der Waals surface area contributed by atoms with Gasteiger partial charge in [-0.05, 0) is 43.0 Å². The summed E-state index contributed by atoms with van der Waals surface area (Å²) < 4.78 is 13.0. The van der Waals surface area contributed by atoms with E-state index in [1.54, 1.807) is 0 Å². The Kier molecular flexibility index (Phi) is 4.19. The molecule has 0 radical (unpaired) electrons. The number of likely N-dealkylation sites (tertiary alicyclic amines) is 1. The van der Waals surface area contributed by atoms with Crippen molar-refractivity contribution in [2.45, 2.75) is 37.8 Å². The lowest BCUT2D eigenvalue weighted by molar-refractivity contribution is 0.325. The van der Waals surface area contributed by atoms with Crippen LogP contribution in [0.25, 0.3) is 0 Å². The first-order valence-corrected chi connectivity index (χ1v) is 8.71. The summed E-state index contributed by atoms with van der Waals surface area (Å²) in [5, 5.41) is 0. The summed E-state index contributed by atoms with van der Waals surface area (Å²) in [5.74, 6) is 2.44. The van der Waals surface area contributed by atoms with E-state index < -0.39 is 0 Å². The second-order valence-electron chi connectivity index (χ2n) is 6.96. The summed E-state index contributed by atoms with van der Waals surface area (Å²) in [7, 11) is 2.13. The molecular formula is C19H23FN4. The normalized spacial score (nSPS) is 21.2. The molecule has 4 nitrogen and oxygen atoms in total. The Morgan fingerprint density at radius 1 is 1.17 bits per heavy atom. The van der Waals surface area contributed by atoms with E-state index in [2.05, 4.69) is 21.8 Å². The molecule has 0 bridgehead atoms. The van der Waals surface area contributed by atoms with Crippen molar-refractivity contribution in [2.24, 2.45) is 0 Å². The molecule has 1 aromatic carbocycles. The van der Waals surface area contributed by atoms with Crippen LogP contribution >= 0.6 is 0 Å². The molecule has 1 saturated carbocycles. The van der Waals surface area contributed by atoms with Crippen LogP contribution in [0.4, 0.5) is 10.2 Å². The van der Waals surface area contributed by atoms with E-state index in [1.807, 2.05) is 24.4 Å². The molecular weight excluding hydrogens is 303 g/mol. The van der Waals surface area contributed by atoms with Gasteiger partial charge in [0.2, 0.25) is 0 Å². The zero-order valence-corrected chi connectivity index (χ0v) is 14.0. The molecule has 4 rings (SSSR count). The van der Waals surface area contributed by atoms with Crippen LogP contribution in [0.1, 0.15) is 36.6 Å². The Bertz CT molecular complexity index is 699. The Hall–Kier alpha value is -2.01. The highest BCUT2D eigenvalue weighted by atomic mass is 19.1. The van der Waals surface area contributed by atoms with E-state index in [-0.39, 0.29) is 5.82 Å². The van der Waals surface area contributed by atoms with E-state index in [4.69, 9.17) is 4.98 Å². The fourth-order valence-corrected chi connectivity index (χ4v) is 3.41. The quantitative estimate of drug-likeness (QED) is 0.844. The second kappa shape index (κ2) is 6.48. The number of hydrogen-bond acceptors (Lipinski definition) is 4. The summed E-state index contributed by atoms with van der Waals surface area (Å²) in [6, 6.07) is 9.30. The summed E-state index contributed by atoms with van der Waals surface area (Å²) in [4.78, 5) is 13.9. The van der Waals surface area contributed by atoms with Gasteiger partial charge >= 0.3 is 0 Å². The van der Waals surface area contributed by atoms with Crippen LogP contribution in [0.3, 0.4) is 0 Å². The lowest BCUT2D eigenvalue weighted by Gasteiger charge is -2.26. The van der Waals surface area contributed by atoms with Crippen LogP contribution in [-0.4, -0.2) is 41.0 Å². The number of aromatic nitrogens is 2. The third-order valence-electron chi connectivity index (χ3n) is 5.08. The Labute approximate surface area is 142 Å². The van der Waals surface area contributed by atoms with Crippen LogP contribution in [0, 0.1) is 5.82 Å². The fraction of sp³-hybridized carbons (Fsp3) is 0.474. The third-order valence-corrected chi connectivity index (χ3v) is 5.08. The van der Waals surface area contributed by atoms with Gasteiger partial charge in [0.1, 0.15) is 17.5 Å². The molecule has 0 spiro atoms. The highest BCUT2D eigenvalue weighted by Gasteiger charge is 2.29. The topological polar surface area (TPSA) is 32.3 Å². The van der Waals surface area contributed by atoms with Crippen molar-refractivity contribution in [1.29, 1.82) is 0 Å². The fourth-order valence-electron chi connectivity index (χ4n) is 3.41. The Morgan fingerprint density at radius 3 is 2.71 bits per heavy atom. The smallest absolute Gasteiger partial charge is 0.133 e. The molecule has 2 heterocycles. The van der Waals surface area contributed by atoms with Gasteiger partial charge in [0, 0.05) is 44.8 Å². The zero-order valence-electron chi connectivity index (χ0n) is 14.0. The average Bonchev–Trinajstić information content (AvgIpc) is 3.36. The first-order valence-electron chi connectivity index (χ1n) is 8.71. The van der Waals surface area contributed by atoms with Crippen molar-refractivity contribution in [3.8, 4) is 0 Å². The lowest BCUT2D eigenvalue weighted by Crippen LogP contribution is -2.35. The average molecular weight is 326 g/mol. The molecule has 5 heteroatoms. The predicted octanol–water partition coefficient (Wildman–Crippen LogP) is 3.20. The van der Waals surface area contributed by atoms with Crippen molar-refractivity contribution >= 4 is 5.82 Å². The summed E-state index contributed by atoms with van der Waals surface area (Å²) in [6.07, 6.45) is 5.46. The van der Waals surface area contributed by atoms with Gasteiger partial charge in [0.25, 0.3) is 0 Å². The minimum absolute atomic E-state index is 0.173. The molecule has 0 amide bonds. The molecule has 0 N–H and O–H groups in total. The van der Waals surface area contributed by atoms with Crippen LogP contribution < -0.4 is 4.90 Å². The van der Waals surface area contributed by atoms with E-state index >= 15 is 0 Å². The third kappa shape index (κ3) is 3.41. The van der Waals surface area contributed by atoms with Crippen molar-refractivity contribution < 1.29 is 4.39 Å². The molecule has 2 aromatic rings. The second-order valence-corrected chi connectivity index (χ2v) is 6.96. The predicted molar refractivity (Wildman–Crippen MR) is 92.5 cm³/mol. The van der Waals surface area contributed by atoms with Crippen LogP contribution in [-0.2, 0) is 6.54 Å².